The molecule has 0 fully saturated rings. The molecule has 0 aliphatic heterocycles. The Morgan fingerprint density at radius 2 is 2.14 bits per heavy atom. The summed E-state index contributed by atoms with van der Waals surface area (Å²) in [5.41, 5.74) is 0.656. The zero-order valence-electron chi connectivity index (χ0n) is 12.9. The summed E-state index contributed by atoms with van der Waals surface area (Å²) >= 11 is 12.5. The minimum Gasteiger partial charge on any atom is -0.444 e. The third-order valence-corrected chi connectivity index (χ3v) is 3.49. The van der Waals surface area contributed by atoms with Gasteiger partial charge in [-0.2, -0.15) is 5.10 Å². The van der Waals surface area contributed by atoms with Gasteiger partial charge in [0.15, 0.2) is 5.65 Å². The lowest BCUT2D eigenvalue weighted by Crippen LogP contribution is -2.38. The van der Waals surface area contributed by atoms with E-state index in [4.69, 9.17) is 27.9 Å². The number of nitrogens with zero attached hydrogens (tertiary/aromatic N) is 3. The molecule has 6 nitrogen and oxygen atoms in total. The number of amides is 1. The Kier molecular flexibility index (Phi) is 4.82. The lowest BCUT2D eigenvalue weighted by molar-refractivity contribution is 0.0508. The van der Waals surface area contributed by atoms with Crippen LogP contribution < -0.4 is 5.32 Å². The van der Waals surface area contributed by atoms with E-state index in [0.717, 1.165) is 0 Å². The molecule has 2 rings (SSSR count). The second kappa shape index (κ2) is 6.30. The van der Waals surface area contributed by atoms with Gasteiger partial charge in [0.1, 0.15) is 15.9 Å². The number of alkyl carbamates (subject to hydrolysis) is 1. The van der Waals surface area contributed by atoms with Gasteiger partial charge >= 0.3 is 6.09 Å². The van der Waals surface area contributed by atoms with Crippen molar-refractivity contribution in [2.24, 2.45) is 0 Å². The van der Waals surface area contributed by atoms with Gasteiger partial charge < -0.3 is 10.1 Å². The molecule has 0 unspecified atom stereocenters. The van der Waals surface area contributed by atoms with Crippen molar-refractivity contribution in [3.63, 3.8) is 0 Å². The molecule has 0 aliphatic rings. The van der Waals surface area contributed by atoms with E-state index in [1.807, 2.05) is 6.92 Å². The molecule has 2 aromatic heterocycles. The molecule has 0 radical (unpaired) electrons. The van der Waals surface area contributed by atoms with Crippen LogP contribution in [0.1, 0.15) is 33.3 Å². The van der Waals surface area contributed by atoms with Crippen molar-refractivity contribution in [3.8, 4) is 0 Å². The van der Waals surface area contributed by atoms with Crippen molar-refractivity contribution in [3.05, 3.63) is 28.1 Å². The Balaban J connectivity index is 2.11. The first-order chi connectivity index (χ1) is 10.2. The van der Waals surface area contributed by atoms with Crippen LogP contribution in [0.15, 0.2) is 12.3 Å². The fourth-order valence-corrected chi connectivity index (χ4v) is 2.55. The van der Waals surface area contributed by atoms with Crippen LogP contribution >= 0.6 is 23.2 Å². The van der Waals surface area contributed by atoms with Crippen molar-refractivity contribution in [1.29, 1.82) is 0 Å². The van der Waals surface area contributed by atoms with Crippen LogP contribution in [-0.2, 0) is 11.2 Å². The average molecular weight is 345 g/mol. The largest absolute Gasteiger partial charge is 0.444 e. The fraction of sp³-hybridized carbons (Fsp3) is 0.500. The number of halogens is 2. The van der Waals surface area contributed by atoms with Gasteiger partial charge in [0.05, 0.1) is 6.20 Å². The summed E-state index contributed by atoms with van der Waals surface area (Å²) in [6, 6.07) is 1.49. The molecule has 8 heteroatoms. The van der Waals surface area contributed by atoms with E-state index in [9.17, 15) is 4.79 Å². The maximum Gasteiger partial charge on any atom is 0.407 e. The lowest BCUT2D eigenvalue weighted by atomic mass is 10.1. The van der Waals surface area contributed by atoms with Crippen molar-refractivity contribution in [2.45, 2.75) is 45.8 Å². The number of hydrogen-bond donors (Lipinski definition) is 1. The Hall–Kier alpha value is -1.53. The number of rotatable bonds is 3. The van der Waals surface area contributed by atoms with E-state index in [0.29, 0.717) is 27.9 Å². The molecule has 0 aromatic carbocycles. The first-order valence-electron chi connectivity index (χ1n) is 6.84. The number of hydrogen-bond acceptors (Lipinski definition) is 4. The smallest absolute Gasteiger partial charge is 0.407 e. The van der Waals surface area contributed by atoms with Gasteiger partial charge in [-0.3, -0.25) is 0 Å². The van der Waals surface area contributed by atoms with E-state index in [-0.39, 0.29) is 6.04 Å². The molecule has 0 spiro atoms. The molecule has 22 heavy (non-hydrogen) atoms. The minimum absolute atomic E-state index is 0.223. The van der Waals surface area contributed by atoms with Crippen molar-refractivity contribution >= 4 is 34.9 Å². The third kappa shape index (κ3) is 4.01. The molecular weight excluding hydrogens is 327 g/mol. The van der Waals surface area contributed by atoms with Gasteiger partial charge in [-0.15, -0.1) is 0 Å². The highest BCUT2D eigenvalue weighted by molar-refractivity contribution is 6.34. The van der Waals surface area contributed by atoms with Gasteiger partial charge in [-0.25, -0.2) is 14.3 Å². The predicted octanol–water partition coefficient (Wildman–Crippen LogP) is 3.49. The van der Waals surface area contributed by atoms with E-state index in [2.05, 4.69) is 15.4 Å². The summed E-state index contributed by atoms with van der Waals surface area (Å²) in [5.74, 6) is 0. The average Bonchev–Trinajstić information content (AvgIpc) is 2.80. The number of fused-ring (bicyclic) bond motifs is 1. The Morgan fingerprint density at radius 1 is 1.45 bits per heavy atom. The molecule has 2 aromatic rings. The van der Waals surface area contributed by atoms with Crippen molar-refractivity contribution in [1.82, 2.24) is 19.9 Å². The molecule has 1 N–H and O–H groups in total. The molecule has 1 amide bonds. The zero-order chi connectivity index (χ0) is 16.5. The van der Waals surface area contributed by atoms with Gasteiger partial charge in [0.2, 0.25) is 0 Å². The number of ether oxygens (including phenoxy) is 1. The molecule has 1 atom stereocenters. The SMILES string of the molecule is C[C@H](Cc1c(Cl)nc2ccnn2c1Cl)NC(=O)OC(C)(C)C. The summed E-state index contributed by atoms with van der Waals surface area (Å²) in [6.45, 7) is 7.26. The third-order valence-electron chi connectivity index (χ3n) is 2.79. The highest BCUT2D eigenvalue weighted by Gasteiger charge is 2.20. The van der Waals surface area contributed by atoms with Crippen LogP contribution in [0, 0.1) is 0 Å². The number of nitrogens with one attached hydrogen (secondary N) is 1. The minimum atomic E-state index is -0.547. The Labute approximate surface area is 138 Å². The summed E-state index contributed by atoms with van der Waals surface area (Å²) < 4.78 is 6.72. The first kappa shape index (κ1) is 16.8. The molecular formula is C14H18Cl2N4O2. The second-order valence-corrected chi connectivity index (χ2v) is 6.74. The molecule has 2 heterocycles. The monoisotopic (exact) mass is 344 g/mol. The second-order valence-electron chi connectivity index (χ2n) is 6.02. The van der Waals surface area contributed by atoms with Gasteiger partial charge in [0.25, 0.3) is 0 Å². The fourth-order valence-electron chi connectivity index (χ4n) is 1.95. The predicted molar refractivity (Wildman–Crippen MR) is 85.5 cm³/mol. The summed E-state index contributed by atoms with van der Waals surface area (Å²) in [4.78, 5) is 16.0. The molecule has 0 aliphatic carbocycles. The molecule has 0 saturated heterocycles. The number of carbonyl (C=O) groups is 1. The zero-order valence-corrected chi connectivity index (χ0v) is 14.4. The van der Waals surface area contributed by atoms with Gasteiger partial charge in [-0.05, 0) is 34.1 Å². The lowest BCUT2D eigenvalue weighted by Gasteiger charge is -2.22. The normalized spacial score (nSPS) is 13.2. The number of carbonyl (C=O) groups excluding carboxylic acids is 1. The standard InChI is InChI=1S/C14H18Cl2N4O2/c1-8(18-13(21)22-14(2,3)4)7-9-11(15)19-10-5-6-17-20(10)12(9)16/h5-6,8H,7H2,1-4H3,(H,18,21)/t8-/m1/s1. The van der Waals surface area contributed by atoms with E-state index in [1.54, 1.807) is 33.0 Å². The maximum absolute atomic E-state index is 11.8. The van der Waals surface area contributed by atoms with Crippen molar-refractivity contribution < 1.29 is 9.53 Å². The van der Waals surface area contributed by atoms with E-state index in [1.165, 1.54) is 4.52 Å². The molecule has 0 saturated carbocycles. The summed E-state index contributed by atoms with van der Waals surface area (Å²) in [6.07, 6.45) is 1.52. The van der Waals surface area contributed by atoms with Crippen LogP contribution in [0.2, 0.25) is 10.3 Å². The summed E-state index contributed by atoms with van der Waals surface area (Å²) in [5, 5.41) is 7.52. The number of aromatic nitrogens is 3. The summed E-state index contributed by atoms with van der Waals surface area (Å²) in [7, 11) is 0. The van der Waals surface area contributed by atoms with E-state index < -0.39 is 11.7 Å². The molecule has 0 bridgehead atoms. The van der Waals surface area contributed by atoms with Crippen LogP contribution in [0.25, 0.3) is 5.65 Å². The highest BCUT2D eigenvalue weighted by atomic mass is 35.5. The maximum atomic E-state index is 11.8. The quantitative estimate of drug-likeness (QED) is 0.865. The van der Waals surface area contributed by atoms with Crippen LogP contribution in [-0.4, -0.2) is 32.3 Å². The van der Waals surface area contributed by atoms with Crippen LogP contribution in [0.4, 0.5) is 4.79 Å². The Morgan fingerprint density at radius 3 is 2.77 bits per heavy atom. The van der Waals surface area contributed by atoms with Gasteiger partial charge in [0, 0.05) is 17.7 Å². The molecule has 120 valence electrons. The van der Waals surface area contributed by atoms with Gasteiger partial charge in [-0.1, -0.05) is 23.2 Å². The highest BCUT2D eigenvalue weighted by Crippen LogP contribution is 2.25. The first-order valence-corrected chi connectivity index (χ1v) is 7.60. The van der Waals surface area contributed by atoms with E-state index >= 15 is 0 Å². The Bertz CT molecular complexity index is 694. The topological polar surface area (TPSA) is 68.5 Å². The van der Waals surface area contributed by atoms with Crippen molar-refractivity contribution in [2.75, 3.05) is 0 Å². The van der Waals surface area contributed by atoms with Crippen LogP contribution in [0.5, 0.6) is 0 Å². The van der Waals surface area contributed by atoms with Crippen LogP contribution in [0.3, 0.4) is 0 Å².